The van der Waals surface area contributed by atoms with Crippen LogP contribution < -0.4 is 5.32 Å². The molecule has 166 valence electrons. The first-order chi connectivity index (χ1) is 15.6. The lowest BCUT2D eigenvalue weighted by atomic mass is 9.94. The fraction of sp³-hybridized carbons (Fsp3) is 0.435. The molecule has 2 atom stereocenters. The van der Waals surface area contributed by atoms with E-state index in [0.717, 1.165) is 40.1 Å². The number of halogens is 1. The van der Waals surface area contributed by atoms with Gasteiger partial charge >= 0.3 is 0 Å². The molecule has 32 heavy (non-hydrogen) atoms. The number of fused-ring (bicyclic) bond motifs is 5. The van der Waals surface area contributed by atoms with Crippen molar-refractivity contribution >= 4 is 28.8 Å². The Bertz CT molecular complexity index is 1200. The minimum Gasteiger partial charge on any atom is -0.378 e. The van der Waals surface area contributed by atoms with Crippen molar-refractivity contribution in [2.45, 2.75) is 32.4 Å². The molecule has 1 aromatic carbocycles. The molecular weight excluding hydrogens is 446 g/mol. The van der Waals surface area contributed by atoms with Crippen molar-refractivity contribution in [2.24, 2.45) is 5.92 Å². The van der Waals surface area contributed by atoms with Gasteiger partial charge in [-0.05, 0) is 37.0 Å². The van der Waals surface area contributed by atoms with Crippen LogP contribution in [0.15, 0.2) is 24.3 Å². The highest BCUT2D eigenvalue weighted by Gasteiger charge is 2.39. The summed E-state index contributed by atoms with van der Waals surface area (Å²) in [7, 11) is 0. The van der Waals surface area contributed by atoms with Crippen LogP contribution in [-0.4, -0.2) is 51.9 Å². The Morgan fingerprint density at radius 1 is 1.22 bits per heavy atom. The third-order valence-electron chi connectivity index (χ3n) is 6.73. The van der Waals surface area contributed by atoms with Gasteiger partial charge in [-0.15, -0.1) is 21.5 Å². The smallest absolute Gasteiger partial charge is 0.226 e. The molecular formula is C23H24ClN5O2S. The van der Waals surface area contributed by atoms with Crippen LogP contribution in [0.5, 0.6) is 0 Å². The number of benzene rings is 1. The van der Waals surface area contributed by atoms with Gasteiger partial charge in [0.2, 0.25) is 5.91 Å². The molecule has 0 spiro atoms. The van der Waals surface area contributed by atoms with Gasteiger partial charge in [0.25, 0.3) is 0 Å². The van der Waals surface area contributed by atoms with Gasteiger partial charge in [-0.2, -0.15) is 0 Å². The fourth-order valence-electron chi connectivity index (χ4n) is 5.18. The molecule has 0 unspecified atom stereocenters. The number of nitrogens with one attached hydrogen (secondary N) is 1. The zero-order valence-electron chi connectivity index (χ0n) is 17.8. The number of carbonyl (C=O) groups excluding carboxylic acids is 1. The highest BCUT2D eigenvalue weighted by molar-refractivity contribution is 7.15. The zero-order chi connectivity index (χ0) is 21.8. The van der Waals surface area contributed by atoms with Crippen molar-refractivity contribution in [1.82, 2.24) is 25.0 Å². The Morgan fingerprint density at radius 3 is 2.84 bits per heavy atom. The number of carbonyl (C=O) groups is 1. The number of morpholine rings is 1. The third-order valence-corrected chi connectivity index (χ3v) is 8.33. The van der Waals surface area contributed by atoms with Gasteiger partial charge in [0.1, 0.15) is 10.8 Å². The summed E-state index contributed by atoms with van der Waals surface area (Å²) < 4.78 is 7.60. The summed E-state index contributed by atoms with van der Waals surface area (Å²) >= 11 is 8.42. The van der Waals surface area contributed by atoms with Crippen LogP contribution in [0, 0.1) is 12.8 Å². The van der Waals surface area contributed by atoms with Crippen molar-refractivity contribution in [2.75, 3.05) is 26.3 Å². The zero-order valence-corrected chi connectivity index (χ0v) is 19.4. The molecule has 0 bridgehead atoms. The Balaban J connectivity index is 1.43. The van der Waals surface area contributed by atoms with Gasteiger partial charge in [0.15, 0.2) is 5.82 Å². The average Bonchev–Trinajstić information content (AvgIpc) is 3.45. The van der Waals surface area contributed by atoms with Crippen LogP contribution in [0.4, 0.5) is 0 Å². The number of aromatic nitrogens is 3. The van der Waals surface area contributed by atoms with Crippen LogP contribution >= 0.6 is 22.9 Å². The average molecular weight is 470 g/mol. The van der Waals surface area contributed by atoms with Crippen LogP contribution in [0.3, 0.4) is 0 Å². The van der Waals surface area contributed by atoms with E-state index >= 15 is 0 Å². The second kappa shape index (κ2) is 7.95. The van der Waals surface area contributed by atoms with Crippen molar-refractivity contribution in [3.8, 4) is 5.00 Å². The van der Waals surface area contributed by atoms with Gasteiger partial charge in [0, 0.05) is 34.5 Å². The van der Waals surface area contributed by atoms with E-state index in [4.69, 9.17) is 16.3 Å². The molecule has 6 rings (SSSR count). The molecule has 0 radical (unpaired) electrons. The lowest BCUT2D eigenvalue weighted by Gasteiger charge is -2.29. The molecule has 0 saturated carbocycles. The number of rotatable bonds is 2. The van der Waals surface area contributed by atoms with Gasteiger partial charge < -0.3 is 9.64 Å². The Kier molecular flexibility index (Phi) is 5.06. The second-order valence-corrected chi connectivity index (χ2v) is 10.1. The maximum absolute atomic E-state index is 13.2. The predicted octanol–water partition coefficient (Wildman–Crippen LogP) is 3.06. The highest BCUT2D eigenvalue weighted by Crippen LogP contribution is 2.47. The van der Waals surface area contributed by atoms with Gasteiger partial charge in [-0.25, -0.2) is 0 Å². The first-order valence-electron chi connectivity index (χ1n) is 11.0. The molecule has 3 aliphatic rings. The fourth-order valence-corrected chi connectivity index (χ4v) is 6.94. The summed E-state index contributed by atoms with van der Waals surface area (Å²) in [5.74, 6) is 2.03. The lowest BCUT2D eigenvalue weighted by molar-refractivity contribution is -0.139. The summed E-state index contributed by atoms with van der Waals surface area (Å²) in [5, 5.41) is 14.3. The normalized spacial score (nSPS) is 22.2. The molecule has 4 heterocycles. The van der Waals surface area contributed by atoms with Crippen molar-refractivity contribution in [1.29, 1.82) is 0 Å². The standard InChI is InChI=1S/C23H24ClN5O2S/c1-13-26-27-19-12-25-21(15-4-2-3-5-17(15)24)20-16-10-14(11-18(16)32-23(20)29(13)19)22(30)28-6-8-31-9-7-28/h2-5,14,21,25H,6-12H2,1H3/t14-,21+/m0/s1. The monoisotopic (exact) mass is 469 g/mol. The van der Waals surface area contributed by atoms with Crippen molar-refractivity contribution in [3.63, 3.8) is 0 Å². The summed E-state index contributed by atoms with van der Waals surface area (Å²) in [6.45, 7) is 5.23. The molecule has 7 nitrogen and oxygen atoms in total. The van der Waals surface area contributed by atoms with E-state index in [2.05, 4.69) is 26.1 Å². The maximum Gasteiger partial charge on any atom is 0.226 e. The van der Waals surface area contributed by atoms with E-state index in [1.165, 1.54) is 16.0 Å². The number of amides is 1. The summed E-state index contributed by atoms with van der Waals surface area (Å²) in [6.07, 6.45) is 1.55. The molecule has 1 saturated heterocycles. The molecule has 1 N–H and O–H groups in total. The number of nitrogens with zero attached hydrogens (tertiary/aromatic N) is 4. The summed E-state index contributed by atoms with van der Waals surface area (Å²) in [6, 6.07) is 7.94. The number of ether oxygens (including phenoxy) is 1. The van der Waals surface area contributed by atoms with E-state index in [-0.39, 0.29) is 17.9 Å². The van der Waals surface area contributed by atoms with E-state index in [0.29, 0.717) is 32.8 Å². The molecule has 1 amide bonds. The number of aryl methyl sites for hydroxylation is 1. The number of thiophene rings is 1. The molecule has 1 aliphatic carbocycles. The molecule has 9 heteroatoms. The van der Waals surface area contributed by atoms with Crippen LogP contribution in [-0.2, 0) is 28.9 Å². The molecule has 2 aliphatic heterocycles. The molecule has 1 fully saturated rings. The Morgan fingerprint density at radius 2 is 2.03 bits per heavy atom. The Labute approximate surface area is 195 Å². The highest BCUT2D eigenvalue weighted by atomic mass is 35.5. The SMILES string of the molecule is Cc1nnc2n1-c1sc3c(c1[C@@H](c1ccccc1Cl)NC2)C[C@H](C(=O)N1CCOCC1)C3. The third kappa shape index (κ3) is 3.20. The maximum atomic E-state index is 13.2. The lowest BCUT2D eigenvalue weighted by Crippen LogP contribution is -2.44. The first kappa shape index (κ1) is 20.4. The largest absolute Gasteiger partial charge is 0.378 e. The van der Waals surface area contributed by atoms with Gasteiger partial charge in [-0.3, -0.25) is 14.7 Å². The van der Waals surface area contributed by atoms with Gasteiger partial charge in [-0.1, -0.05) is 29.8 Å². The topological polar surface area (TPSA) is 72.3 Å². The van der Waals surface area contributed by atoms with Crippen molar-refractivity contribution < 1.29 is 9.53 Å². The minimum absolute atomic E-state index is 0.00345. The minimum atomic E-state index is -0.0583. The quantitative estimate of drug-likeness (QED) is 0.624. The Hall–Kier alpha value is -2.26. The second-order valence-electron chi connectivity index (χ2n) is 8.60. The number of hydrogen-bond donors (Lipinski definition) is 1. The number of hydrogen-bond acceptors (Lipinski definition) is 6. The van der Waals surface area contributed by atoms with E-state index < -0.39 is 0 Å². The van der Waals surface area contributed by atoms with Crippen molar-refractivity contribution in [3.05, 3.63) is 62.5 Å². The summed E-state index contributed by atoms with van der Waals surface area (Å²) in [4.78, 5) is 16.5. The van der Waals surface area contributed by atoms with E-state index in [9.17, 15) is 4.79 Å². The predicted molar refractivity (Wildman–Crippen MR) is 122 cm³/mol. The van der Waals surface area contributed by atoms with Gasteiger partial charge in [0.05, 0.1) is 25.8 Å². The van der Waals surface area contributed by atoms with Crippen LogP contribution in [0.25, 0.3) is 5.00 Å². The van der Waals surface area contributed by atoms with E-state index in [1.54, 1.807) is 11.3 Å². The summed E-state index contributed by atoms with van der Waals surface area (Å²) in [5.41, 5.74) is 3.56. The van der Waals surface area contributed by atoms with Crippen LogP contribution in [0.2, 0.25) is 5.02 Å². The van der Waals surface area contributed by atoms with Crippen LogP contribution in [0.1, 0.15) is 39.3 Å². The van der Waals surface area contributed by atoms with E-state index in [1.807, 2.05) is 30.0 Å². The molecule has 3 aromatic rings. The molecule has 2 aromatic heterocycles. The first-order valence-corrected chi connectivity index (χ1v) is 12.2.